The first-order chi connectivity index (χ1) is 16.8. The smallest absolute Gasteiger partial charge is 0.425 e. The number of imide groups is 1. The zero-order chi connectivity index (χ0) is 28.5. The molecule has 2 amide bonds. The molecular formula is C23H20BrCl2F3N4O4. The number of carbonyl (C=O) groups excluding carboxylic acids is 2. The van der Waals surface area contributed by atoms with Gasteiger partial charge in [0.05, 0.1) is 15.6 Å². The number of anilines is 1. The molecule has 0 spiro atoms. The van der Waals surface area contributed by atoms with Gasteiger partial charge < -0.3 is 9.47 Å². The Morgan fingerprint density at radius 1 is 1.03 bits per heavy atom. The lowest BCUT2D eigenvalue weighted by Gasteiger charge is -2.29. The predicted octanol–water partition coefficient (Wildman–Crippen LogP) is 7.45. The van der Waals surface area contributed by atoms with Gasteiger partial charge in [0, 0.05) is 15.9 Å². The van der Waals surface area contributed by atoms with Crippen molar-refractivity contribution < 1.29 is 32.2 Å². The van der Waals surface area contributed by atoms with Crippen molar-refractivity contribution in [1.29, 1.82) is 5.26 Å². The van der Waals surface area contributed by atoms with E-state index in [0.29, 0.717) is 17.0 Å². The molecule has 0 aliphatic heterocycles. The van der Waals surface area contributed by atoms with E-state index >= 15 is 0 Å². The van der Waals surface area contributed by atoms with Gasteiger partial charge in [-0.05, 0) is 64.4 Å². The number of carbonyl (C=O) groups is 2. The van der Waals surface area contributed by atoms with Gasteiger partial charge in [-0.3, -0.25) is 0 Å². The molecule has 1 aromatic heterocycles. The molecule has 0 aliphatic carbocycles. The van der Waals surface area contributed by atoms with E-state index in [1.165, 1.54) is 0 Å². The Morgan fingerprint density at radius 2 is 1.49 bits per heavy atom. The normalized spacial score (nSPS) is 11.8. The molecule has 2 aromatic rings. The second-order valence-electron chi connectivity index (χ2n) is 9.37. The monoisotopic (exact) mass is 622 g/mol. The summed E-state index contributed by atoms with van der Waals surface area (Å²) < 4.78 is 51.4. The Kier molecular flexibility index (Phi) is 8.86. The molecule has 0 bridgehead atoms. The second kappa shape index (κ2) is 10.8. The fraction of sp³-hybridized carbons (Fsp3) is 0.391. The van der Waals surface area contributed by atoms with Gasteiger partial charge in [-0.15, -0.1) is 0 Å². The zero-order valence-electron chi connectivity index (χ0n) is 20.3. The molecule has 0 fully saturated rings. The number of alkyl halides is 3. The number of halogens is 6. The molecular weight excluding hydrogens is 604 g/mol. The first kappa shape index (κ1) is 30.3. The summed E-state index contributed by atoms with van der Waals surface area (Å²) in [6.45, 7) is 9.24. The molecule has 0 unspecified atom stereocenters. The number of benzene rings is 1. The maximum absolute atomic E-state index is 13.3. The lowest BCUT2D eigenvalue weighted by molar-refractivity contribution is -0.137. The summed E-state index contributed by atoms with van der Waals surface area (Å²) in [6.07, 6.45) is -7.27. The number of rotatable bonds is 2. The van der Waals surface area contributed by atoms with Gasteiger partial charge in [0.2, 0.25) is 0 Å². The maximum Gasteiger partial charge on any atom is 0.425 e. The summed E-state index contributed by atoms with van der Waals surface area (Å²) >= 11 is 15.3. The van der Waals surface area contributed by atoms with Crippen LogP contribution >= 0.6 is 39.1 Å². The lowest BCUT2D eigenvalue weighted by Crippen LogP contribution is -2.45. The molecule has 0 N–H and O–H groups in total. The van der Waals surface area contributed by atoms with Crippen molar-refractivity contribution >= 4 is 57.1 Å². The first-order valence-corrected chi connectivity index (χ1v) is 11.8. The van der Waals surface area contributed by atoms with Crippen LogP contribution in [0, 0.1) is 22.1 Å². The molecule has 8 nitrogen and oxygen atoms in total. The summed E-state index contributed by atoms with van der Waals surface area (Å²) in [7, 11) is 0. The van der Waals surface area contributed by atoms with E-state index < -0.39 is 56.7 Å². The van der Waals surface area contributed by atoms with Gasteiger partial charge >= 0.3 is 18.4 Å². The van der Waals surface area contributed by atoms with E-state index in [1.807, 2.05) is 0 Å². The number of hydrogen-bond donors (Lipinski definition) is 0. The highest BCUT2D eigenvalue weighted by atomic mass is 79.9. The van der Waals surface area contributed by atoms with Crippen LogP contribution in [0.2, 0.25) is 10.0 Å². The lowest BCUT2D eigenvalue weighted by atomic mass is 10.2. The van der Waals surface area contributed by atoms with E-state index in [1.54, 1.807) is 47.6 Å². The molecule has 14 heteroatoms. The molecule has 198 valence electrons. The molecule has 2 rings (SSSR count). The third kappa shape index (κ3) is 7.31. The predicted molar refractivity (Wildman–Crippen MR) is 134 cm³/mol. The van der Waals surface area contributed by atoms with Crippen LogP contribution in [-0.2, 0) is 15.7 Å². The van der Waals surface area contributed by atoms with Gasteiger partial charge in [0.1, 0.15) is 28.5 Å². The Labute approximate surface area is 229 Å². The van der Waals surface area contributed by atoms with Crippen LogP contribution in [-0.4, -0.2) is 33.2 Å². The molecule has 0 atom stereocenters. The van der Waals surface area contributed by atoms with Crippen LogP contribution in [0.3, 0.4) is 0 Å². The Balaban J connectivity index is 3.00. The van der Waals surface area contributed by atoms with Crippen molar-refractivity contribution in [3.05, 3.63) is 39.0 Å². The number of aromatic nitrogens is 2. The van der Waals surface area contributed by atoms with Crippen LogP contribution in [0.4, 0.5) is 28.6 Å². The minimum Gasteiger partial charge on any atom is -0.443 e. The molecule has 0 saturated carbocycles. The van der Waals surface area contributed by atoms with Crippen molar-refractivity contribution in [2.24, 2.45) is 0 Å². The van der Waals surface area contributed by atoms with E-state index in [2.05, 4.69) is 31.8 Å². The van der Waals surface area contributed by atoms with Crippen molar-refractivity contribution in [3.8, 4) is 22.5 Å². The number of nitriles is 1. The summed E-state index contributed by atoms with van der Waals surface area (Å²) in [4.78, 5) is 29.3. The topological polar surface area (TPSA) is 97.4 Å². The van der Waals surface area contributed by atoms with Crippen LogP contribution in [0.15, 0.2) is 12.1 Å². The molecule has 1 heterocycles. The van der Waals surface area contributed by atoms with Gasteiger partial charge in [0.15, 0.2) is 11.5 Å². The standard InChI is InChI=1S/C23H20BrCl2F3N4O4/c1-21(2,3)36-19(34)32(20(35)37-22(4,5)6)18-13(7-8-24)16(11-30)31-33(18)17-14(25)9-12(10-15(17)26)23(27,28)29/h9-10H,1-6H3. The average molecular weight is 624 g/mol. The van der Waals surface area contributed by atoms with Crippen molar-refractivity contribution in [2.75, 3.05) is 4.90 Å². The molecule has 1 aromatic carbocycles. The SMILES string of the molecule is CC(C)(C)OC(=O)N(C(=O)OC(C)(C)C)c1c(C#CBr)c(C#N)nn1-c1c(Cl)cc(C(F)(F)F)cc1Cl. The van der Waals surface area contributed by atoms with E-state index in [-0.39, 0.29) is 11.3 Å². The first-order valence-electron chi connectivity index (χ1n) is 10.3. The minimum absolute atomic E-state index is 0.261. The number of nitrogens with zero attached hydrogens (tertiary/aromatic N) is 4. The molecule has 37 heavy (non-hydrogen) atoms. The van der Waals surface area contributed by atoms with Crippen LogP contribution in [0.1, 0.15) is 58.4 Å². The Morgan fingerprint density at radius 3 is 1.84 bits per heavy atom. The second-order valence-corrected chi connectivity index (χ2v) is 10.6. The van der Waals surface area contributed by atoms with Crippen LogP contribution in [0.25, 0.3) is 5.69 Å². The molecule has 0 saturated heterocycles. The number of ether oxygens (including phenoxy) is 2. The Hall–Kier alpha value is -2.93. The minimum atomic E-state index is -4.78. The maximum atomic E-state index is 13.3. The molecule has 0 aliphatic rings. The van der Waals surface area contributed by atoms with Crippen LogP contribution < -0.4 is 4.90 Å². The van der Waals surface area contributed by atoms with Gasteiger partial charge in [-0.2, -0.15) is 28.4 Å². The fourth-order valence-corrected chi connectivity index (χ4v) is 3.65. The van der Waals surface area contributed by atoms with Crippen molar-refractivity contribution in [1.82, 2.24) is 9.78 Å². The molecule has 0 radical (unpaired) electrons. The summed E-state index contributed by atoms with van der Waals surface area (Å²) in [5.74, 6) is 2.02. The Bertz CT molecular complexity index is 1290. The van der Waals surface area contributed by atoms with Crippen LogP contribution in [0.5, 0.6) is 0 Å². The number of hydrogen-bond acceptors (Lipinski definition) is 6. The summed E-state index contributed by atoms with van der Waals surface area (Å²) in [5.41, 5.74) is -4.36. The highest BCUT2D eigenvalue weighted by molar-refractivity contribution is 9.12. The van der Waals surface area contributed by atoms with E-state index in [4.69, 9.17) is 32.7 Å². The average Bonchev–Trinajstić information content (AvgIpc) is 3.02. The van der Waals surface area contributed by atoms with E-state index in [9.17, 15) is 28.0 Å². The zero-order valence-corrected chi connectivity index (χ0v) is 23.4. The van der Waals surface area contributed by atoms with Gasteiger partial charge in [0.25, 0.3) is 0 Å². The fourth-order valence-electron chi connectivity index (χ4n) is 2.81. The van der Waals surface area contributed by atoms with E-state index in [0.717, 1.165) is 4.68 Å². The van der Waals surface area contributed by atoms with Crippen molar-refractivity contribution in [2.45, 2.75) is 58.9 Å². The summed E-state index contributed by atoms with van der Waals surface area (Å²) in [6, 6.07) is 2.93. The van der Waals surface area contributed by atoms with Gasteiger partial charge in [-0.1, -0.05) is 23.2 Å². The highest BCUT2D eigenvalue weighted by Gasteiger charge is 2.39. The third-order valence-corrected chi connectivity index (χ3v) is 4.83. The summed E-state index contributed by atoms with van der Waals surface area (Å²) in [5, 5.41) is 12.6. The highest BCUT2D eigenvalue weighted by Crippen LogP contribution is 2.40. The largest absolute Gasteiger partial charge is 0.443 e. The number of amides is 2. The van der Waals surface area contributed by atoms with Crippen molar-refractivity contribution in [3.63, 3.8) is 0 Å². The third-order valence-electron chi connectivity index (χ3n) is 4.06. The quantitative estimate of drug-likeness (QED) is 0.322. The van der Waals surface area contributed by atoms with Gasteiger partial charge in [-0.25, -0.2) is 14.3 Å².